The van der Waals surface area contributed by atoms with Crippen molar-refractivity contribution in [3.8, 4) is 0 Å². The van der Waals surface area contributed by atoms with E-state index < -0.39 is 18.1 Å². The molecule has 55 heavy (non-hydrogen) atoms. The zero-order valence-corrected chi connectivity index (χ0v) is 36.6. The highest BCUT2D eigenvalue weighted by Crippen LogP contribution is 2.14. The highest BCUT2D eigenvalue weighted by molar-refractivity contribution is 5.72. The lowest BCUT2D eigenvalue weighted by atomic mass is 10.1. The Hall–Kier alpha value is -2.19. The van der Waals surface area contributed by atoms with Crippen LogP contribution in [0.2, 0.25) is 0 Å². The number of likely N-dealkylation sites (N-methyl/N-ethyl adjacent to an activating group) is 1. The summed E-state index contributed by atoms with van der Waals surface area (Å²) in [5.74, 6) is -1.48. The average molecular weight is 779 g/mol. The molecule has 0 amide bonds. The molecule has 1 N–H and O–H groups in total. The molecule has 8 heteroatoms. The van der Waals surface area contributed by atoms with E-state index in [0.717, 1.165) is 44.9 Å². The molecule has 0 saturated heterocycles. The molecule has 0 saturated carbocycles. The van der Waals surface area contributed by atoms with E-state index in [-0.39, 0.29) is 36.2 Å². The molecule has 2 atom stereocenters. The van der Waals surface area contributed by atoms with Crippen LogP contribution < -0.4 is 0 Å². The zero-order valence-electron chi connectivity index (χ0n) is 36.6. The number of carboxylic acid groups (broad SMARTS) is 1. The molecule has 0 aromatic carbocycles. The minimum Gasteiger partial charge on any atom is -0.477 e. The van der Waals surface area contributed by atoms with Gasteiger partial charge in [0.2, 0.25) is 0 Å². The molecule has 0 aliphatic heterocycles. The highest BCUT2D eigenvalue weighted by Gasteiger charge is 2.31. The number of hydrogen-bond acceptors (Lipinski definition) is 6. The predicted octanol–water partition coefficient (Wildman–Crippen LogP) is 12.5. The fraction of sp³-hybridized carbons (Fsp3) is 0.851. The number of rotatable bonds is 41. The van der Waals surface area contributed by atoms with Crippen LogP contribution in [-0.4, -0.2) is 80.6 Å². The third kappa shape index (κ3) is 37.2. The number of carbonyl (C=O) groups excluding carboxylic acids is 2. The number of quaternary nitrogens is 1. The van der Waals surface area contributed by atoms with Gasteiger partial charge in [0.1, 0.15) is 6.61 Å². The minimum absolute atomic E-state index is 0.0542. The summed E-state index contributed by atoms with van der Waals surface area (Å²) in [6.07, 6.45) is 42.1. The van der Waals surface area contributed by atoms with Crippen LogP contribution in [0.1, 0.15) is 206 Å². The van der Waals surface area contributed by atoms with Crippen molar-refractivity contribution in [3.63, 3.8) is 0 Å². The number of esters is 2. The molecule has 0 fully saturated rings. The van der Waals surface area contributed by atoms with Crippen LogP contribution in [-0.2, 0) is 28.6 Å². The van der Waals surface area contributed by atoms with Gasteiger partial charge in [0.25, 0.3) is 0 Å². The second-order valence-corrected chi connectivity index (χ2v) is 16.7. The summed E-state index contributed by atoms with van der Waals surface area (Å²) < 4.78 is 17.3. The van der Waals surface area contributed by atoms with E-state index in [2.05, 4.69) is 38.2 Å². The number of hydrogen-bond donors (Lipinski definition) is 1. The third-order valence-corrected chi connectivity index (χ3v) is 10.3. The van der Waals surface area contributed by atoms with Crippen LogP contribution in [0, 0.1) is 0 Å². The Morgan fingerprint density at radius 3 is 1.33 bits per heavy atom. The van der Waals surface area contributed by atoms with Crippen LogP contribution in [0.5, 0.6) is 0 Å². The van der Waals surface area contributed by atoms with E-state index >= 15 is 0 Å². The molecular weight excluding hydrogens is 691 g/mol. The molecule has 0 spiro atoms. The number of nitrogens with zero attached hydrogens (tertiary/aromatic N) is 1. The lowest BCUT2D eigenvalue weighted by Crippen LogP contribution is -2.50. The van der Waals surface area contributed by atoms with E-state index in [0.29, 0.717) is 19.3 Å². The normalized spacial score (nSPS) is 13.1. The number of unbranched alkanes of at least 4 members (excludes halogenated alkanes) is 23. The van der Waals surface area contributed by atoms with E-state index in [4.69, 9.17) is 14.2 Å². The maximum absolute atomic E-state index is 12.7. The quantitative estimate of drug-likeness (QED) is 0.0285. The highest BCUT2D eigenvalue weighted by atomic mass is 16.6. The van der Waals surface area contributed by atoms with Gasteiger partial charge in [-0.15, -0.1) is 0 Å². The van der Waals surface area contributed by atoms with E-state index in [9.17, 15) is 19.5 Å². The molecule has 0 aromatic rings. The summed E-state index contributed by atoms with van der Waals surface area (Å²) in [5.41, 5.74) is 0. The first-order valence-electron chi connectivity index (χ1n) is 22.9. The van der Waals surface area contributed by atoms with E-state index in [1.807, 2.05) is 21.1 Å². The molecule has 322 valence electrons. The first-order chi connectivity index (χ1) is 26.6. The monoisotopic (exact) mass is 779 g/mol. The van der Waals surface area contributed by atoms with Crippen LogP contribution >= 0.6 is 0 Å². The Kier molecular flexibility index (Phi) is 37.1. The van der Waals surface area contributed by atoms with E-state index in [1.54, 1.807) is 0 Å². The zero-order chi connectivity index (χ0) is 40.7. The van der Waals surface area contributed by atoms with Gasteiger partial charge < -0.3 is 23.8 Å². The standard InChI is InChI=1S/C47H87NO7/c1-6-8-10-12-14-16-18-20-21-22-23-24-26-28-30-32-34-36-38-46(50)55-43(41-53-40-39-44(47(51)52)48(3,4)5)42-54-45(49)37-35-33-31-29-27-25-19-17-15-13-11-9-7-2/h17,19,21-22,43-44H,6-16,18,20,23-42H2,1-5H3/p+1/b19-17-,22-21-. The maximum Gasteiger partial charge on any atom is 0.362 e. The van der Waals surface area contributed by atoms with Gasteiger partial charge in [-0.1, -0.05) is 147 Å². The van der Waals surface area contributed by atoms with Gasteiger partial charge in [-0.3, -0.25) is 9.59 Å². The fourth-order valence-corrected chi connectivity index (χ4v) is 6.73. The lowest BCUT2D eigenvalue weighted by Gasteiger charge is -2.31. The first kappa shape index (κ1) is 52.8. The topological polar surface area (TPSA) is 99.1 Å². The number of aliphatic carboxylic acids is 1. The van der Waals surface area contributed by atoms with Crippen molar-refractivity contribution in [1.29, 1.82) is 0 Å². The number of carbonyl (C=O) groups is 3. The summed E-state index contributed by atoms with van der Waals surface area (Å²) in [6.45, 7) is 4.72. The molecule has 0 aliphatic rings. The van der Waals surface area contributed by atoms with Gasteiger partial charge in [-0.05, 0) is 64.2 Å². The van der Waals surface area contributed by atoms with Crippen molar-refractivity contribution in [2.45, 2.75) is 219 Å². The van der Waals surface area contributed by atoms with Gasteiger partial charge in [0.15, 0.2) is 12.1 Å². The smallest absolute Gasteiger partial charge is 0.362 e. The molecule has 0 aliphatic carbocycles. The van der Waals surface area contributed by atoms with Crippen molar-refractivity contribution >= 4 is 17.9 Å². The number of ether oxygens (including phenoxy) is 3. The molecule has 0 radical (unpaired) electrons. The maximum atomic E-state index is 12.7. The second kappa shape index (κ2) is 38.7. The predicted molar refractivity (Wildman–Crippen MR) is 229 cm³/mol. The SMILES string of the molecule is CCCCCC/C=C\CCCCCCCC(=O)OCC(COCCC(C(=O)O)[N+](C)(C)C)OC(=O)CCCCCCCCC/C=C\CCCCCCCCC. The second-order valence-electron chi connectivity index (χ2n) is 16.7. The van der Waals surface area contributed by atoms with Gasteiger partial charge in [0, 0.05) is 19.3 Å². The lowest BCUT2D eigenvalue weighted by molar-refractivity contribution is -0.887. The Bertz CT molecular complexity index is 957. The van der Waals surface area contributed by atoms with Crippen molar-refractivity contribution < 1.29 is 38.2 Å². The van der Waals surface area contributed by atoms with Crippen LogP contribution in [0.4, 0.5) is 0 Å². The van der Waals surface area contributed by atoms with Gasteiger partial charge >= 0.3 is 17.9 Å². The van der Waals surface area contributed by atoms with Gasteiger partial charge in [-0.25, -0.2) is 4.79 Å². The number of allylic oxidation sites excluding steroid dienone is 4. The summed E-state index contributed by atoms with van der Waals surface area (Å²) in [7, 11) is 5.53. The largest absolute Gasteiger partial charge is 0.477 e. The first-order valence-corrected chi connectivity index (χ1v) is 22.9. The molecule has 0 heterocycles. The molecule has 0 rings (SSSR count). The Morgan fingerprint density at radius 2 is 0.909 bits per heavy atom. The van der Waals surface area contributed by atoms with Crippen LogP contribution in [0.25, 0.3) is 0 Å². The molecule has 0 bridgehead atoms. The summed E-state index contributed by atoms with van der Waals surface area (Å²) in [6, 6.07) is -0.614. The van der Waals surface area contributed by atoms with Crippen LogP contribution in [0.15, 0.2) is 24.3 Å². The van der Waals surface area contributed by atoms with Crippen molar-refractivity contribution in [1.82, 2.24) is 0 Å². The van der Waals surface area contributed by atoms with E-state index in [1.165, 1.54) is 128 Å². The molecular formula is C47H88NO7+. The summed E-state index contributed by atoms with van der Waals surface area (Å²) >= 11 is 0. The van der Waals surface area contributed by atoms with Gasteiger partial charge in [-0.2, -0.15) is 0 Å². The molecule has 0 aromatic heterocycles. The van der Waals surface area contributed by atoms with Crippen molar-refractivity contribution in [2.24, 2.45) is 0 Å². The number of carboxylic acids is 1. The van der Waals surface area contributed by atoms with Crippen LogP contribution in [0.3, 0.4) is 0 Å². The Morgan fingerprint density at radius 1 is 0.527 bits per heavy atom. The summed E-state index contributed by atoms with van der Waals surface area (Å²) in [4.78, 5) is 37.0. The third-order valence-electron chi connectivity index (χ3n) is 10.3. The Labute approximate surface area is 339 Å². The van der Waals surface area contributed by atoms with Crippen molar-refractivity contribution in [2.75, 3.05) is 41.0 Å². The molecule has 2 unspecified atom stereocenters. The fourth-order valence-electron chi connectivity index (χ4n) is 6.73. The van der Waals surface area contributed by atoms with Gasteiger partial charge in [0.05, 0.1) is 34.4 Å². The molecule has 8 nitrogen and oxygen atoms in total. The average Bonchev–Trinajstić information content (AvgIpc) is 3.14. The van der Waals surface area contributed by atoms with Crippen molar-refractivity contribution in [3.05, 3.63) is 24.3 Å². The Balaban J connectivity index is 4.32. The minimum atomic E-state index is -0.875. The summed E-state index contributed by atoms with van der Waals surface area (Å²) in [5, 5.41) is 9.62.